The second-order valence-electron chi connectivity index (χ2n) is 6.18. The molecule has 1 amide bonds. The highest BCUT2D eigenvalue weighted by molar-refractivity contribution is 5.71. The first kappa shape index (κ1) is 12.1. The lowest BCUT2D eigenvalue weighted by Gasteiger charge is -2.27. The van der Waals surface area contributed by atoms with E-state index in [4.69, 9.17) is 0 Å². The zero-order valence-corrected chi connectivity index (χ0v) is 10.7. The highest BCUT2D eigenvalue weighted by Crippen LogP contribution is 2.44. The van der Waals surface area contributed by atoms with Crippen LogP contribution in [0.4, 0.5) is 0 Å². The summed E-state index contributed by atoms with van der Waals surface area (Å²) in [6, 6.07) is 0.317. The van der Waals surface area contributed by atoms with Crippen LogP contribution in [0.2, 0.25) is 0 Å². The zero-order chi connectivity index (χ0) is 12.0. The first-order valence-corrected chi connectivity index (χ1v) is 6.50. The fourth-order valence-corrected chi connectivity index (χ4v) is 3.38. The summed E-state index contributed by atoms with van der Waals surface area (Å²) in [4.78, 5) is 12.4. The molecule has 1 saturated heterocycles. The average Bonchev–Trinajstić information content (AvgIpc) is 2.70. The third-order valence-corrected chi connectivity index (χ3v) is 4.74. The van der Waals surface area contributed by atoms with Crippen LogP contribution in [-0.2, 0) is 4.79 Å². The molecule has 92 valence electrons. The molecule has 0 radical (unpaired) electrons. The fourth-order valence-electron chi connectivity index (χ4n) is 3.38. The molecule has 0 bridgehead atoms. The summed E-state index contributed by atoms with van der Waals surface area (Å²) >= 11 is 0. The van der Waals surface area contributed by atoms with E-state index in [1.807, 2.05) is 0 Å². The number of nitrogens with zero attached hydrogens (tertiary/aromatic N) is 1. The van der Waals surface area contributed by atoms with Crippen molar-refractivity contribution < 1.29 is 14.4 Å². The molecule has 3 unspecified atom stereocenters. The predicted molar refractivity (Wildman–Crippen MR) is 62.5 cm³/mol. The van der Waals surface area contributed by atoms with Gasteiger partial charge in [-0.25, -0.2) is 9.28 Å². The van der Waals surface area contributed by atoms with Gasteiger partial charge in [-0.2, -0.15) is 0 Å². The van der Waals surface area contributed by atoms with E-state index in [1.54, 1.807) is 6.92 Å². The van der Waals surface area contributed by atoms with Crippen LogP contribution in [0, 0.1) is 5.41 Å². The van der Waals surface area contributed by atoms with Gasteiger partial charge in [0.05, 0.1) is 6.42 Å². The molecule has 1 N–H and O–H groups in total. The molecule has 1 heterocycles. The number of amides is 1. The van der Waals surface area contributed by atoms with Gasteiger partial charge in [-0.05, 0) is 25.2 Å². The molecule has 1 aliphatic carbocycles. The minimum absolute atomic E-state index is 0.208. The number of carbonyl (C=O) groups is 1. The number of rotatable bonds is 3. The maximum atomic E-state index is 12.4. The molecule has 1 aliphatic heterocycles. The van der Waals surface area contributed by atoms with Gasteiger partial charge in [-0.15, -0.1) is 0 Å². The average molecular weight is 226 g/mol. The Kier molecular flexibility index (Phi) is 2.87. The number of hydrogen-bond donors (Lipinski definition) is 1. The molecule has 2 rings (SSSR count). The lowest BCUT2D eigenvalue weighted by Crippen LogP contribution is -2.45. The molecule has 0 aromatic carbocycles. The Morgan fingerprint density at radius 2 is 2.00 bits per heavy atom. The number of hydrogen-bond acceptors (Lipinski definition) is 2. The predicted octanol–water partition coefficient (Wildman–Crippen LogP) is 2.04. The molecule has 1 saturated carbocycles. The summed E-state index contributed by atoms with van der Waals surface area (Å²) in [5.74, 6) is 0.256. The zero-order valence-electron chi connectivity index (χ0n) is 10.7. The van der Waals surface area contributed by atoms with Crippen LogP contribution < -0.4 is 0 Å². The van der Waals surface area contributed by atoms with Gasteiger partial charge in [-0.1, -0.05) is 19.8 Å². The molecule has 0 spiro atoms. The Bertz CT molecular complexity index is 294. The van der Waals surface area contributed by atoms with E-state index >= 15 is 0 Å². The lowest BCUT2D eigenvalue weighted by atomic mass is 9.84. The van der Waals surface area contributed by atoms with Crippen LogP contribution in [0.15, 0.2) is 0 Å². The maximum absolute atomic E-state index is 12.4. The molecule has 2 fully saturated rings. The minimum atomic E-state index is -0.535. The lowest BCUT2D eigenvalue weighted by molar-refractivity contribution is -0.789. The quantitative estimate of drug-likeness (QED) is 0.590. The van der Waals surface area contributed by atoms with E-state index in [2.05, 4.69) is 13.8 Å². The van der Waals surface area contributed by atoms with Crippen molar-refractivity contribution in [1.29, 1.82) is 0 Å². The smallest absolute Gasteiger partial charge is 0.316 e. The Labute approximate surface area is 98.0 Å². The van der Waals surface area contributed by atoms with Gasteiger partial charge in [0.25, 0.3) is 0 Å². The summed E-state index contributed by atoms with van der Waals surface area (Å²) in [7, 11) is 0. The Hall–Kier alpha value is -0.410. The Morgan fingerprint density at radius 3 is 2.38 bits per heavy atom. The van der Waals surface area contributed by atoms with Crippen molar-refractivity contribution in [1.82, 2.24) is 0 Å². The van der Waals surface area contributed by atoms with Crippen molar-refractivity contribution in [2.75, 3.05) is 6.54 Å². The van der Waals surface area contributed by atoms with E-state index in [9.17, 15) is 9.90 Å². The van der Waals surface area contributed by atoms with E-state index in [-0.39, 0.29) is 11.3 Å². The SMILES string of the molecule is CC(O)[N+]1(C(=O)CC2(C)CCCC2)CC1C. The van der Waals surface area contributed by atoms with Crippen molar-refractivity contribution in [2.24, 2.45) is 5.41 Å². The molecule has 3 nitrogen and oxygen atoms in total. The van der Waals surface area contributed by atoms with Crippen LogP contribution in [0.5, 0.6) is 0 Å². The molecule has 0 aromatic rings. The van der Waals surface area contributed by atoms with Crippen molar-refractivity contribution in [3.8, 4) is 0 Å². The minimum Gasteiger partial charge on any atom is -0.345 e. The summed E-state index contributed by atoms with van der Waals surface area (Å²) in [5.41, 5.74) is 0.208. The normalized spacial score (nSPS) is 38.4. The highest BCUT2D eigenvalue weighted by Gasteiger charge is 2.61. The Morgan fingerprint density at radius 1 is 1.50 bits per heavy atom. The van der Waals surface area contributed by atoms with Crippen LogP contribution in [0.3, 0.4) is 0 Å². The van der Waals surface area contributed by atoms with Gasteiger partial charge in [0, 0.05) is 6.92 Å². The standard InChI is InChI=1S/C13H24NO2/c1-10-9-14(10,11(2)15)12(16)8-13(3)6-4-5-7-13/h10-11,15H,4-9H2,1-3H3/q+1. The first-order chi connectivity index (χ1) is 7.41. The van der Waals surface area contributed by atoms with Gasteiger partial charge >= 0.3 is 5.91 Å². The van der Waals surface area contributed by atoms with Crippen molar-refractivity contribution in [3.63, 3.8) is 0 Å². The second-order valence-corrected chi connectivity index (χ2v) is 6.18. The number of carbonyl (C=O) groups excluding carboxylic acids is 1. The summed E-state index contributed by atoms with van der Waals surface area (Å²) in [6.45, 7) is 6.86. The van der Waals surface area contributed by atoms with Crippen molar-refractivity contribution in [3.05, 3.63) is 0 Å². The van der Waals surface area contributed by atoms with E-state index in [0.29, 0.717) is 16.9 Å². The molecule has 2 aliphatic rings. The maximum Gasteiger partial charge on any atom is 0.316 e. The first-order valence-electron chi connectivity index (χ1n) is 6.50. The van der Waals surface area contributed by atoms with Crippen LogP contribution in [0.25, 0.3) is 0 Å². The monoisotopic (exact) mass is 226 g/mol. The van der Waals surface area contributed by atoms with Crippen molar-refractivity contribution >= 4 is 5.91 Å². The second kappa shape index (κ2) is 3.81. The summed E-state index contributed by atoms with van der Waals surface area (Å²) in [5, 5.41) is 9.79. The molecule has 3 heteroatoms. The molecule has 3 atom stereocenters. The fraction of sp³-hybridized carbons (Fsp3) is 0.923. The topological polar surface area (TPSA) is 37.3 Å². The van der Waals surface area contributed by atoms with Gasteiger partial charge in [-0.3, -0.25) is 0 Å². The summed E-state index contributed by atoms with van der Waals surface area (Å²) in [6.07, 6.45) is 4.98. The number of aliphatic hydroxyl groups excluding tert-OH is 1. The van der Waals surface area contributed by atoms with Crippen LogP contribution in [-0.4, -0.2) is 34.3 Å². The molecular weight excluding hydrogens is 202 g/mol. The highest BCUT2D eigenvalue weighted by atomic mass is 16.3. The van der Waals surface area contributed by atoms with Gasteiger partial charge in [0.15, 0.2) is 6.23 Å². The Balaban J connectivity index is 2.03. The van der Waals surface area contributed by atoms with E-state index < -0.39 is 6.23 Å². The molecule has 16 heavy (non-hydrogen) atoms. The van der Waals surface area contributed by atoms with Crippen LogP contribution in [0.1, 0.15) is 52.9 Å². The van der Waals surface area contributed by atoms with Crippen LogP contribution >= 0.6 is 0 Å². The molecular formula is C13H24NO2+. The number of aliphatic hydroxyl groups is 1. The third-order valence-electron chi connectivity index (χ3n) is 4.74. The van der Waals surface area contributed by atoms with E-state index in [0.717, 1.165) is 6.54 Å². The van der Waals surface area contributed by atoms with E-state index in [1.165, 1.54) is 25.7 Å². The van der Waals surface area contributed by atoms with Gasteiger partial charge < -0.3 is 5.11 Å². The van der Waals surface area contributed by atoms with Gasteiger partial charge in [0.1, 0.15) is 12.6 Å². The number of quaternary nitrogens is 1. The largest absolute Gasteiger partial charge is 0.345 e. The van der Waals surface area contributed by atoms with Crippen molar-refractivity contribution in [2.45, 2.75) is 65.1 Å². The third kappa shape index (κ3) is 1.80. The molecule has 0 aromatic heterocycles. The summed E-state index contributed by atoms with van der Waals surface area (Å²) < 4.78 is 0.315. The van der Waals surface area contributed by atoms with Gasteiger partial charge in [0.2, 0.25) is 0 Å².